The van der Waals surface area contributed by atoms with Gasteiger partial charge in [0.05, 0.1) is 0 Å². The first kappa shape index (κ1) is 16.6. The highest BCUT2D eigenvalue weighted by Crippen LogP contribution is 2.26. The Hall–Kier alpha value is -0.770. The molecule has 1 fully saturated rings. The quantitative estimate of drug-likeness (QED) is 0.726. The Morgan fingerprint density at radius 3 is 2.67 bits per heavy atom. The van der Waals surface area contributed by atoms with E-state index in [1.165, 1.54) is 12.8 Å². The highest BCUT2D eigenvalue weighted by molar-refractivity contribution is 9.10. The van der Waals surface area contributed by atoms with Crippen molar-refractivity contribution in [3.8, 4) is 0 Å². The van der Waals surface area contributed by atoms with Gasteiger partial charge in [0.2, 0.25) is 0 Å². The standard InChI is InChI=1S/C17H27BrN2O/c1-4-19-12-14(18)11-16(19)17(21)20(10-9-13(2)3)15-7-5-6-8-15/h11-13,15H,4-10H2,1-3H3. The first-order chi connectivity index (χ1) is 10.0. The molecule has 118 valence electrons. The number of aromatic nitrogens is 1. The summed E-state index contributed by atoms with van der Waals surface area (Å²) >= 11 is 3.50. The van der Waals surface area contributed by atoms with Crippen molar-refractivity contribution in [2.24, 2.45) is 5.92 Å². The molecule has 0 spiro atoms. The van der Waals surface area contributed by atoms with Crippen molar-refractivity contribution in [2.75, 3.05) is 6.54 Å². The lowest BCUT2D eigenvalue weighted by molar-refractivity contribution is 0.0661. The van der Waals surface area contributed by atoms with Crippen molar-refractivity contribution >= 4 is 21.8 Å². The molecule has 3 nitrogen and oxygen atoms in total. The van der Waals surface area contributed by atoms with Gasteiger partial charge in [-0.05, 0) is 54.1 Å². The molecule has 1 saturated carbocycles. The third kappa shape index (κ3) is 4.12. The molecule has 1 heterocycles. The predicted octanol–water partition coefficient (Wildman–Crippen LogP) is 4.70. The van der Waals surface area contributed by atoms with E-state index in [9.17, 15) is 4.79 Å². The molecule has 0 radical (unpaired) electrons. The van der Waals surface area contributed by atoms with Crippen molar-refractivity contribution in [2.45, 2.75) is 65.5 Å². The molecule has 0 aromatic carbocycles. The Labute approximate surface area is 136 Å². The lowest BCUT2D eigenvalue weighted by atomic mass is 10.1. The van der Waals surface area contributed by atoms with Crippen molar-refractivity contribution in [3.63, 3.8) is 0 Å². The van der Waals surface area contributed by atoms with Crippen molar-refractivity contribution in [1.29, 1.82) is 0 Å². The van der Waals surface area contributed by atoms with Gasteiger partial charge in [-0.2, -0.15) is 0 Å². The summed E-state index contributed by atoms with van der Waals surface area (Å²) in [5.74, 6) is 0.835. The topological polar surface area (TPSA) is 25.2 Å². The van der Waals surface area contributed by atoms with E-state index < -0.39 is 0 Å². The average Bonchev–Trinajstić information content (AvgIpc) is 3.07. The fourth-order valence-electron chi connectivity index (χ4n) is 3.13. The monoisotopic (exact) mass is 354 g/mol. The lowest BCUT2D eigenvalue weighted by Gasteiger charge is -2.30. The number of hydrogen-bond acceptors (Lipinski definition) is 1. The van der Waals surface area contributed by atoms with Crippen LogP contribution in [-0.2, 0) is 6.54 Å². The van der Waals surface area contributed by atoms with E-state index >= 15 is 0 Å². The van der Waals surface area contributed by atoms with Crippen LogP contribution in [0.2, 0.25) is 0 Å². The van der Waals surface area contributed by atoms with Crippen LogP contribution < -0.4 is 0 Å². The Bertz CT molecular complexity index is 475. The SMILES string of the molecule is CCn1cc(Br)cc1C(=O)N(CCC(C)C)C1CCCC1. The van der Waals surface area contributed by atoms with Gasteiger partial charge in [-0.15, -0.1) is 0 Å². The normalized spacial score (nSPS) is 15.9. The van der Waals surface area contributed by atoms with Crippen LogP contribution in [0.15, 0.2) is 16.7 Å². The van der Waals surface area contributed by atoms with Crippen LogP contribution in [-0.4, -0.2) is 28.0 Å². The third-order valence-electron chi connectivity index (χ3n) is 4.40. The molecule has 0 N–H and O–H groups in total. The maximum Gasteiger partial charge on any atom is 0.270 e. The molecule has 1 amide bonds. The van der Waals surface area contributed by atoms with Crippen molar-refractivity contribution in [1.82, 2.24) is 9.47 Å². The average molecular weight is 355 g/mol. The van der Waals surface area contributed by atoms with E-state index in [0.29, 0.717) is 12.0 Å². The number of carbonyl (C=O) groups is 1. The molecule has 1 aromatic heterocycles. The summed E-state index contributed by atoms with van der Waals surface area (Å²) in [5.41, 5.74) is 0.819. The van der Waals surface area contributed by atoms with Gasteiger partial charge in [0.25, 0.3) is 5.91 Å². The van der Waals surface area contributed by atoms with Crippen LogP contribution in [0.3, 0.4) is 0 Å². The summed E-state index contributed by atoms with van der Waals surface area (Å²) in [6.07, 6.45) is 7.93. The number of rotatable bonds is 6. The number of halogens is 1. The zero-order valence-electron chi connectivity index (χ0n) is 13.4. The number of nitrogens with zero attached hydrogens (tertiary/aromatic N) is 2. The highest BCUT2D eigenvalue weighted by Gasteiger charge is 2.28. The minimum Gasteiger partial charge on any atom is -0.343 e. The van der Waals surface area contributed by atoms with Gasteiger partial charge < -0.3 is 9.47 Å². The molecule has 0 saturated heterocycles. The second-order valence-corrected chi connectivity index (χ2v) is 7.36. The molecule has 0 atom stereocenters. The summed E-state index contributed by atoms with van der Waals surface area (Å²) in [7, 11) is 0. The number of aryl methyl sites for hydroxylation is 1. The molecule has 0 unspecified atom stereocenters. The number of carbonyl (C=O) groups excluding carboxylic acids is 1. The number of hydrogen-bond donors (Lipinski definition) is 0. The fourth-order valence-corrected chi connectivity index (χ4v) is 3.59. The maximum atomic E-state index is 13.0. The molecule has 1 aliphatic rings. The second kappa shape index (κ2) is 7.48. The maximum absolute atomic E-state index is 13.0. The van der Waals surface area contributed by atoms with E-state index in [0.717, 1.165) is 42.5 Å². The lowest BCUT2D eigenvalue weighted by Crippen LogP contribution is -2.40. The molecule has 2 rings (SSSR count). The highest BCUT2D eigenvalue weighted by atomic mass is 79.9. The molecule has 1 aromatic rings. The van der Waals surface area contributed by atoms with Gasteiger partial charge in [-0.3, -0.25) is 4.79 Å². The van der Waals surface area contributed by atoms with Crippen molar-refractivity contribution in [3.05, 3.63) is 22.4 Å². The van der Waals surface area contributed by atoms with Gasteiger partial charge in [-0.1, -0.05) is 26.7 Å². The minimum atomic E-state index is 0.204. The van der Waals surface area contributed by atoms with Crippen LogP contribution in [0, 0.1) is 5.92 Å². The molecule has 0 bridgehead atoms. The van der Waals surface area contributed by atoms with E-state index in [1.807, 2.05) is 16.8 Å². The first-order valence-corrected chi connectivity index (χ1v) is 8.98. The Morgan fingerprint density at radius 2 is 2.10 bits per heavy atom. The molecular weight excluding hydrogens is 328 g/mol. The van der Waals surface area contributed by atoms with E-state index in [4.69, 9.17) is 0 Å². The van der Waals surface area contributed by atoms with E-state index in [1.54, 1.807) is 0 Å². The van der Waals surface area contributed by atoms with Crippen molar-refractivity contribution < 1.29 is 4.79 Å². The van der Waals surface area contributed by atoms with E-state index in [-0.39, 0.29) is 5.91 Å². The van der Waals surface area contributed by atoms with Gasteiger partial charge in [0.1, 0.15) is 5.69 Å². The molecular formula is C17H27BrN2O. The van der Waals surface area contributed by atoms with Crippen LogP contribution in [0.25, 0.3) is 0 Å². The number of amides is 1. The molecule has 4 heteroatoms. The fraction of sp³-hybridized carbons (Fsp3) is 0.706. The summed E-state index contributed by atoms with van der Waals surface area (Å²) in [4.78, 5) is 15.2. The zero-order chi connectivity index (χ0) is 15.4. The second-order valence-electron chi connectivity index (χ2n) is 6.45. The summed E-state index contributed by atoms with van der Waals surface area (Å²) in [5, 5.41) is 0. The summed E-state index contributed by atoms with van der Waals surface area (Å²) in [6.45, 7) is 8.24. The zero-order valence-corrected chi connectivity index (χ0v) is 15.0. The van der Waals surface area contributed by atoms with Gasteiger partial charge >= 0.3 is 0 Å². The minimum absolute atomic E-state index is 0.204. The van der Waals surface area contributed by atoms with E-state index in [2.05, 4.69) is 41.6 Å². The Kier molecular flexibility index (Phi) is 5.91. The smallest absolute Gasteiger partial charge is 0.270 e. The summed E-state index contributed by atoms with van der Waals surface area (Å²) < 4.78 is 3.03. The molecule has 0 aliphatic heterocycles. The Balaban J connectivity index is 2.19. The molecule has 1 aliphatic carbocycles. The van der Waals surface area contributed by atoms with Gasteiger partial charge in [0.15, 0.2) is 0 Å². The molecule has 21 heavy (non-hydrogen) atoms. The van der Waals surface area contributed by atoms with Crippen LogP contribution in [0.4, 0.5) is 0 Å². The third-order valence-corrected chi connectivity index (χ3v) is 4.83. The summed E-state index contributed by atoms with van der Waals surface area (Å²) in [6, 6.07) is 2.40. The van der Waals surface area contributed by atoms with Gasteiger partial charge in [0, 0.05) is 29.8 Å². The largest absolute Gasteiger partial charge is 0.343 e. The first-order valence-electron chi connectivity index (χ1n) is 8.19. The van der Waals surface area contributed by atoms with Crippen LogP contribution in [0.5, 0.6) is 0 Å². The van der Waals surface area contributed by atoms with Crippen LogP contribution in [0.1, 0.15) is 63.4 Å². The van der Waals surface area contributed by atoms with Gasteiger partial charge in [-0.25, -0.2) is 0 Å². The predicted molar refractivity (Wildman–Crippen MR) is 90.6 cm³/mol. The van der Waals surface area contributed by atoms with Crippen LogP contribution >= 0.6 is 15.9 Å². The Morgan fingerprint density at radius 1 is 1.43 bits per heavy atom.